The van der Waals surface area contributed by atoms with E-state index < -0.39 is 0 Å². The number of hydrogen-bond donors (Lipinski definition) is 1. The first kappa shape index (κ1) is 20.2. The fraction of sp³-hybridized carbons (Fsp3) is 0.409. The van der Waals surface area contributed by atoms with Crippen molar-refractivity contribution in [3.8, 4) is 5.75 Å². The molecule has 6 nitrogen and oxygen atoms in total. The van der Waals surface area contributed by atoms with Crippen molar-refractivity contribution in [1.29, 1.82) is 0 Å². The molecule has 1 fully saturated rings. The number of methoxy groups -OCH3 is 1. The maximum absolute atomic E-state index is 12.4. The van der Waals surface area contributed by atoms with Crippen LogP contribution in [0.2, 0.25) is 0 Å². The van der Waals surface area contributed by atoms with E-state index in [1.807, 2.05) is 24.3 Å². The zero-order valence-corrected chi connectivity index (χ0v) is 16.7. The lowest BCUT2D eigenvalue weighted by Gasteiger charge is -2.26. The highest BCUT2D eigenvalue weighted by molar-refractivity contribution is 5.73. The van der Waals surface area contributed by atoms with Gasteiger partial charge in [-0.2, -0.15) is 0 Å². The Bertz CT molecular complexity index is 758. The normalized spacial score (nSPS) is 14.5. The molecule has 2 amide bonds. The molecule has 0 saturated carbocycles. The van der Waals surface area contributed by atoms with Crippen LogP contribution in [0, 0.1) is 0 Å². The average Bonchev–Trinajstić information content (AvgIpc) is 2.74. The first-order valence-corrected chi connectivity index (χ1v) is 9.64. The van der Waals surface area contributed by atoms with Gasteiger partial charge in [0.25, 0.3) is 0 Å². The molecule has 6 heteroatoms. The zero-order chi connectivity index (χ0) is 19.8. The Labute approximate surface area is 167 Å². The second-order valence-electron chi connectivity index (χ2n) is 7.03. The van der Waals surface area contributed by atoms with Crippen LogP contribution >= 0.6 is 0 Å². The Morgan fingerprint density at radius 2 is 1.79 bits per heavy atom. The molecule has 2 aromatic rings. The van der Waals surface area contributed by atoms with Gasteiger partial charge < -0.3 is 19.7 Å². The summed E-state index contributed by atoms with van der Waals surface area (Å²) >= 11 is 0. The van der Waals surface area contributed by atoms with Gasteiger partial charge in [0.05, 0.1) is 26.9 Å². The van der Waals surface area contributed by atoms with E-state index in [1.165, 1.54) is 5.56 Å². The lowest BCUT2D eigenvalue weighted by molar-refractivity contribution is 0.0342. The van der Waals surface area contributed by atoms with Gasteiger partial charge in [-0.1, -0.05) is 42.5 Å². The van der Waals surface area contributed by atoms with Crippen LogP contribution in [0.4, 0.5) is 4.79 Å². The zero-order valence-electron chi connectivity index (χ0n) is 16.7. The highest BCUT2D eigenvalue weighted by Gasteiger charge is 2.12. The van der Waals surface area contributed by atoms with Crippen LogP contribution in [0.15, 0.2) is 48.5 Å². The smallest absolute Gasteiger partial charge is 0.317 e. The Morgan fingerprint density at radius 1 is 1.11 bits per heavy atom. The number of morpholine rings is 1. The number of benzene rings is 2. The lowest BCUT2D eigenvalue weighted by Crippen LogP contribution is -2.36. The molecule has 1 aliphatic rings. The van der Waals surface area contributed by atoms with Gasteiger partial charge in [0, 0.05) is 38.8 Å². The number of para-hydroxylation sites is 1. The summed E-state index contributed by atoms with van der Waals surface area (Å²) in [5.41, 5.74) is 3.35. The van der Waals surface area contributed by atoms with E-state index in [0.29, 0.717) is 13.1 Å². The molecule has 1 heterocycles. The first-order chi connectivity index (χ1) is 13.7. The van der Waals surface area contributed by atoms with Gasteiger partial charge in [-0.15, -0.1) is 0 Å². The molecule has 1 aliphatic heterocycles. The highest BCUT2D eigenvalue weighted by Crippen LogP contribution is 2.18. The molecule has 150 valence electrons. The Kier molecular flexibility index (Phi) is 7.28. The van der Waals surface area contributed by atoms with Gasteiger partial charge in [0.1, 0.15) is 5.75 Å². The van der Waals surface area contributed by atoms with Gasteiger partial charge >= 0.3 is 6.03 Å². The number of carbonyl (C=O) groups excluding carboxylic acids is 1. The number of hydrogen-bond acceptors (Lipinski definition) is 4. The van der Waals surface area contributed by atoms with Crippen molar-refractivity contribution >= 4 is 6.03 Å². The number of amides is 2. The van der Waals surface area contributed by atoms with Gasteiger partial charge in [-0.25, -0.2) is 4.79 Å². The molecule has 28 heavy (non-hydrogen) atoms. The van der Waals surface area contributed by atoms with Gasteiger partial charge in [-0.3, -0.25) is 4.90 Å². The van der Waals surface area contributed by atoms with E-state index in [-0.39, 0.29) is 6.03 Å². The standard InChI is InChI=1S/C22H29N3O3/c1-24(17-20-5-3-4-6-21(20)27-2)22(26)23-15-18-7-9-19(10-8-18)16-25-11-13-28-14-12-25/h3-10H,11-17H2,1-2H3,(H,23,26). The Morgan fingerprint density at radius 3 is 2.50 bits per heavy atom. The summed E-state index contributed by atoms with van der Waals surface area (Å²) in [4.78, 5) is 16.5. The lowest BCUT2D eigenvalue weighted by atomic mass is 10.1. The van der Waals surface area contributed by atoms with Gasteiger partial charge in [0.15, 0.2) is 0 Å². The summed E-state index contributed by atoms with van der Waals surface area (Å²) in [5, 5.41) is 2.98. The molecule has 1 N–H and O–H groups in total. The minimum absolute atomic E-state index is 0.108. The Hall–Kier alpha value is -2.57. The quantitative estimate of drug-likeness (QED) is 0.799. The predicted octanol–water partition coefficient (Wildman–Crippen LogP) is 2.87. The van der Waals surface area contributed by atoms with Crippen molar-refractivity contribution in [2.75, 3.05) is 40.5 Å². The highest BCUT2D eigenvalue weighted by atomic mass is 16.5. The summed E-state index contributed by atoms with van der Waals surface area (Å²) < 4.78 is 10.7. The molecule has 2 aromatic carbocycles. The van der Waals surface area contributed by atoms with Crippen LogP contribution in [0.5, 0.6) is 5.75 Å². The molecule has 0 spiro atoms. The molecule has 0 aliphatic carbocycles. The van der Waals surface area contributed by atoms with E-state index in [2.05, 4.69) is 34.5 Å². The molecule has 0 unspecified atom stereocenters. The van der Waals surface area contributed by atoms with Crippen molar-refractivity contribution in [2.24, 2.45) is 0 Å². The number of urea groups is 1. The van der Waals surface area contributed by atoms with Crippen LogP contribution in [0.1, 0.15) is 16.7 Å². The summed E-state index contributed by atoms with van der Waals surface area (Å²) in [6, 6.07) is 16.1. The van der Waals surface area contributed by atoms with Crippen LogP contribution < -0.4 is 10.1 Å². The summed E-state index contributed by atoms with van der Waals surface area (Å²) in [6.45, 7) is 5.53. The average molecular weight is 383 g/mol. The Balaban J connectivity index is 1.47. The van der Waals surface area contributed by atoms with Gasteiger partial charge in [0.2, 0.25) is 0 Å². The van der Waals surface area contributed by atoms with E-state index in [4.69, 9.17) is 9.47 Å². The van der Waals surface area contributed by atoms with Gasteiger partial charge in [-0.05, 0) is 17.2 Å². The van der Waals surface area contributed by atoms with Crippen molar-refractivity contribution in [3.63, 3.8) is 0 Å². The molecule has 0 bridgehead atoms. The van der Waals surface area contributed by atoms with Crippen molar-refractivity contribution in [2.45, 2.75) is 19.6 Å². The summed E-state index contributed by atoms with van der Waals surface area (Å²) in [6.07, 6.45) is 0. The minimum Gasteiger partial charge on any atom is -0.496 e. The third kappa shape index (κ3) is 5.71. The van der Waals surface area contributed by atoms with Crippen molar-refractivity contribution in [1.82, 2.24) is 15.1 Å². The molecular weight excluding hydrogens is 354 g/mol. The fourth-order valence-corrected chi connectivity index (χ4v) is 3.25. The molecule has 0 atom stereocenters. The molecule has 0 radical (unpaired) electrons. The number of nitrogens with one attached hydrogen (secondary N) is 1. The summed E-state index contributed by atoms with van der Waals surface area (Å²) in [7, 11) is 3.43. The van der Waals surface area contributed by atoms with E-state index in [1.54, 1.807) is 19.1 Å². The third-order valence-corrected chi connectivity index (χ3v) is 4.92. The maximum Gasteiger partial charge on any atom is 0.317 e. The minimum atomic E-state index is -0.108. The number of nitrogens with zero attached hydrogens (tertiary/aromatic N) is 2. The number of rotatable bonds is 7. The molecule has 0 aromatic heterocycles. The number of ether oxygens (including phenoxy) is 2. The monoisotopic (exact) mass is 383 g/mol. The number of carbonyl (C=O) groups is 1. The second-order valence-corrected chi connectivity index (χ2v) is 7.03. The van der Waals surface area contributed by atoms with E-state index in [0.717, 1.165) is 49.7 Å². The van der Waals surface area contributed by atoms with E-state index in [9.17, 15) is 4.79 Å². The van der Waals surface area contributed by atoms with Crippen molar-refractivity contribution in [3.05, 3.63) is 65.2 Å². The topological polar surface area (TPSA) is 54.0 Å². The fourth-order valence-electron chi connectivity index (χ4n) is 3.25. The molecular formula is C22H29N3O3. The third-order valence-electron chi connectivity index (χ3n) is 4.92. The van der Waals surface area contributed by atoms with Crippen LogP contribution in [0.25, 0.3) is 0 Å². The molecule has 1 saturated heterocycles. The largest absolute Gasteiger partial charge is 0.496 e. The van der Waals surface area contributed by atoms with Crippen LogP contribution in [-0.4, -0.2) is 56.3 Å². The SMILES string of the molecule is COc1ccccc1CN(C)C(=O)NCc1ccc(CN2CCOCC2)cc1. The summed E-state index contributed by atoms with van der Waals surface area (Å²) in [5.74, 6) is 0.790. The predicted molar refractivity (Wildman–Crippen MR) is 109 cm³/mol. The first-order valence-electron chi connectivity index (χ1n) is 9.64. The van der Waals surface area contributed by atoms with E-state index >= 15 is 0 Å². The van der Waals surface area contributed by atoms with Crippen LogP contribution in [-0.2, 0) is 24.4 Å². The molecule has 3 rings (SSSR count). The van der Waals surface area contributed by atoms with Crippen LogP contribution in [0.3, 0.4) is 0 Å². The maximum atomic E-state index is 12.4. The van der Waals surface area contributed by atoms with Crippen molar-refractivity contribution < 1.29 is 14.3 Å². The second kappa shape index (κ2) is 10.1.